The van der Waals surface area contributed by atoms with E-state index in [1.807, 2.05) is 4.90 Å². The van der Waals surface area contributed by atoms with Crippen LogP contribution in [-0.2, 0) is 14.4 Å². The standard InChI is InChI=1S/C20H26ClN3O4/c1-28-17-6-5-15(21)10-16(17)24-12-14(9-19(24)26)20(27)23-8-2-3-13(11-23)4-7-18(22)25/h5-6,10,13-14H,2-4,7-9,11-12H2,1H3,(H2,22,25). The second-order valence-corrected chi connectivity index (χ2v) is 7.96. The number of nitrogens with two attached hydrogens (primary N) is 1. The Hall–Kier alpha value is -2.28. The first kappa shape index (κ1) is 20.5. The molecular formula is C20H26ClN3O4. The van der Waals surface area contributed by atoms with Gasteiger partial charge in [-0.05, 0) is 43.4 Å². The fourth-order valence-electron chi connectivity index (χ4n) is 4.09. The number of ether oxygens (including phenoxy) is 1. The van der Waals surface area contributed by atoms with Gasteiger partial charge in [0.1, 0.15) is 5.75 Å². The molecule has 152 valence electrons. The second-order valence-electron chi connectivity index (χ2n) is 7.52. The number of anilines is 1. The SMILES string of the molecule is COc1ccc(Cl)cc1N1CC(C(=O)N2CCCC(CCC(N)=O)C2)CC1=O. The molecule has 7 nitrogen and oxygen atoms in total. The molecule has 0 aliphatic carbocycles. The molecule has 8 heteroatoms. The topological polar surface area (TPSA) is 92.9 Å². The maximum Gasteiger partial charge on any atom is 0.228 e. The molecule has 2 aliphatic rings. The molecule has 3 amide bonds. The molecule has 1 aromatic carbocycles. The summed E-state index contributed by atoms with van der Waals surface area (Å²) in [6.45, 7) is 1.63. The van der Waals surface area contributed by atoms with Gasteiger partial charge in [0, 0.05) is 37.5 Å². The molecule has 3 rings (SSSR count). The molecule has 0 saturated carbocycles. The Balaban J connectivity index is 1.67. The summed E-state index contributed by atoms with van der Waals surface area (Å²) in [5, 5.41) is 0.506. The zero-order valence-electron chi connectivity index (χ0n) is 16.0. The van der Waals surface area contributed by atoms with Gasteiger partial charge in [0.05, 0.1) is 18.7 Å². The van der Waals surface area contributed by atoms with Gasteiger partial charge in [0.25, 0.3) is 0 Å². The monoisotopic (exact) mass is 407 g/mol. The second kappa shape index (κ2) is 8.82. The van der Waals surface area contributed by atoms with Crippen molar-refractivity contribution in [2.45, 2.75) is 32.1 Å². The highest BCUT2D eigenvalue weighted by molar-refractivity contribution is 6.31. The number of nitrogens with zero attached hydrogens (tertiary/aromatic N) is 2. The smallest absolute Gasteiger partial charge is 0.228 e. The number of likely N-dealkylation sites (tertiary alicyclic amines) is 1. The van der Waals surface area contributed by atoms with Gasteiger partial charge < -0.3 is 20.3 Å². The zero-order chi connectivity index (χ0) is 20.3. The summed E-state index contributed by atoms with van der Waals surface area (Å²) in [5.74, 6) is 0.0330. The number of hydrogen-bond acceptors (Lipinski definition) is 4. The van der Waals surface area contributed by atoms with Crippen LogP contribution in [0.2, 0.25) is 5.02 Å². The van der Waals surface area contributed by atoms with E-state index in [0.29, 0.717) is 48.9 Å². The summed E-state index contributed by atoms with van der Waals surface area (Å²) in [4.78, 5) is 40.1. The first-order chi connectivity index (χ1) is 13.4. The Kier molecular flexibility index (Phi) is 6.44. The van der Waals surface area contributed by atoms with Crippen LogP contribution in [0.3, 0.4) is 0 Å². The van der Waals surface area contributed by atoms with Crippen LogP contribution in [0.1, 0.15) is 32.1 Å². The Morgan fingerprint density at radius 3 is 2.82 bits per heavy atom. The Labute approximate surface area is 169 Å². The van der Waals surface area contributed by atoms with Crippen molar-refractivity contribution in [1.29, 1.82) is 0 Å². The van der Waals surface area contributed by atoms with Crippen LogP contribution in [-0.4, -0.2) is 49.4 Å². The van der Waals surface area contributed by atoms with E-state index in [0.717, 1.165) is 12.8 Å². The molecule has 28 heavy (non-hydrogen) atoms. The van der Waals surface area contributed by atoms with Crippen LogP contribution in [0.15, 0.2) is 18.2 Å². The molecule has 0 aromatic heterocycles. The number of halogens is 1. The molecule has 1 aromatic rings. The molecule has 2 unspecified atom stereocenters. The Morgan fingerprint density at radius 2 is 2.11 bits per heavy atom. The van der Waals surface area contributed by atoms with Gasteiger partial charge in [-0.2, -0.15) is 0 Å². The molecule has 2 atom stereocenters. The fraction of sp³-hybridized carbons (Fsp3) is 0.550. The minimum Gasteiger partial charge on any atom is -0.495 e. The summed E-state index contributed by atoms with van der Waals surface area (Å²) in [5.41, 5.74) is 5.83. The lowest BCUT2D eigenvalue weighted by atomic mass is 9.92. The van der Waals surface area contributed by atoms with Crippen molar-refractivity contribution < 1.29 is 19.1 Å². The van der Waals surface area contributed by atoms with Gasteiger partial charge >= 0.3 is 0 Å². The van der Waals surface area contributed by atoms with Crippen molar-refractivity contribution in [3.05, 3.63) is 23.2 Å². The van der Waals surface area contributed by atoms with E-state index in [1.54, 1.807) is 23.1 Å². The number of hydrogen-bond donors (Lipinski definition) is 1. The molecule has 2 heterocycles. The normalized spacial score (nSPS) is 22.4. The van der Waals surface area contributed by atoms with Gasteiger partial charge in [0.2, 0.25) is 17.7 Å². The molecule has 2 N–H and O–H groups in total. The van der Waals surface area contributed by atoms with Crippen molar-refractivity contribution in [3.8, 4) is 5.75 Å². The Bertz CT molecular complexity index is 770. The fourth-order valence-corrected chi connectivity index (χ4v) is 4.25. The molecular weight excluding hydrogens is 382 g/mol. The quantitative estimate of drug-likeness (QED) is 0.782. The summed E-state index contributed by atoms with van der Waals surface area (Å²) >= 11 is 6.09. The van der Waals surface area contributed by atoms with Gasteiger partial charge in [0.15, 0.2) is 0 Å². The highest BCUT2D eigenvalue weighted by Gasteiger charge is 2.39. The molecule has 0 radical (unpaired) electrons. The van der Waals surface area contributed by atoms with Crippen molar-refractivity contribution in [2.24, 2.45) is 17.6 Å². The van der Waals surface area contributed by atoms with Crippen LogP contribution in [0.5, 0.6) is 5.75 Å². The molecule has 2 fully saturated rings. The number of primary amides is 1. The van der Waals surface area contributed by atoms with Crippen molar-refractivity contribution in [2.75, 3.05) is 31.6 Å². The lowest BCUT2D eigenvalue weighted by molar-refractivity contribution is -0.137. The predicted molar refractivity (Wildman–Crippen MR) is 106 cm³/mol. The number of piperidine rings is 1. The third-order valence-electron chi connectivity index (χ3n) is 5.54. The average molecular weight is 408 g/mol. The third kappa shape index (κ3) is 4.58. The van der Waals surface area contributed by atoms with E-state index in [-0.39, 0.29) is 36.0 Å². The predicted octanol–water partition coefficient (Wildman–Crippen LogP) is 2.21. The molecule has 2 aliphatic heterocycles. The summed E-state index contributed by atoms with van der Waals surface area (Å²) in [6.07, 6.45) is 3.12. The maximum absolute atomic E-state index is 13.0. The summed E-state index contributed by atoms with van der Waals surface area (Å²) in [6, 6.07) is 5.10. The molecule has 2 saturated heterocycles. The van der Waals surface area contributed by atoms with Crippen LogP contribution in [0, 0.1) is 11.8 Å². The number of carbonyl (C=O) groups is 3. The zero-order valence-corrected chi connectivity index (χ0v) is 16.8. The van der Waals surface area contributed by atoms with Gasteiger partial charge in [-0.3, -0.25) is 14.4 Å². The number of carbonyl (C=O) groups excluding carboxylic acids is 3. The van der Waals surface area contributed by atoms with Crippen molar-refractivity contribution in [3.63, 3.8) is 0 Å². The molecule has 0 bridgehead atoms. The van der Waals surface area contributed by atoms with Crippen LogP contribution in [0.4, 0.5) is 5.69 Å². The lowest BCUT2D eigenvalue weighted by Gasteiger charge is -2.34. The van der Waals surface area contributed by atoms with E-state index in [2.05, 4.69) is 0 Å². The van der Waals surface area contributed by atoms with E-state index in [1.165, 1.54) is 7.11 Å². The largest absolute Gasteiger partial charge is 0.495 e. The minimum atomic E-state index is -0.383. The van der Waals surface area contributed by atoms with Gasteiger partial charge in [-0.15, -0.1) is 0 Å². The highest BCUT2D eigenvalue weighted by atomic mass is 35.5. The number of benzene rings is 1. The number of rotatable bonds is 6. The molecule has 0 spiro atoms. The van der Waals surface area contributed by atoms with Crippen LogP contribution < -0.4 is 15.4 Å². The van der Waals surface area contributed by atoms with Crippen LogP contribution >= 0.6 is 11.6 Å². The first-order valence-corrected chi connectivity index (χ1v) is 9.97. The lowest BCUT2D eigenvalue weighted by Crippen LogP contribution is -2.43. The van der Waals surface area contributed by atoms with E-state index < -0.39 is 0 Å². The highest BCUT2D eigenvalue weighted by Crippen LogP contribution is 2.36. The average Bonchev–Trinajstić information content (AvgIpc) is 3.07. The van der Waals surface area contributed by atoms with E-state index in [4.69, 9.17) is 22.1 Å². The summed E-state index contributed by atoms with van der Waals surface area (Å²) < 4.78 is 5.35. The maximum atomic E-state index is 13.0. The van der Waals surface area contributed by atoms with Crippen molar-refractivity contribution >= 4 is 35.0 Å². The third-order valence-corrected chi connectivity index (χ3v) is 5.77. The Morgan fingerprint density at radius 1 is 1.32 bits per heavy atom. The van der Waals surface area contributed by atoms with E-state index in [9.17, 15) is 14.4 Å². The van der Waals surface area contributed by atoms with E-state index >= 15 is 0 Å². The summed E-state index contributed by atoms with van der Waals surface area (Å²) in [7, 11) is 1.54. The minimum absolute atomic E-state index is 0.000574. The van der Waals surface area contributed by atoms with Crippen LogP contribution in [0.25, 0.3) is 0 Å². The number of amides is 3. The van der Waals surface area contributed by atoms with Gasteiger partial charge in [-0.1, -0.05) is 11.6 Å². The first-order valence-electron chi connectivity index (χ1n) is 9.60. The van der Waals surface area contributed by atoms with Gasteiger partial charge in [-0.25, -0.2) is 0 Å². The van der Waals surface area contributed by atoms with Crippen molar-refractivity contribution in [1.82, 2.24) is 4.90 Å². The number of methoxy groups -OCH3 is 1.